The molecule has 0 aromatic heterocycles. The lowest BCUT2D eigenvalue weighted by molar-refractivity contribution is -1.02. The van der Waals surface area contributed by atoms with Crippen molar-refractivity contribution in [2.24, 2.45) is 0 Å². The Morgan fingerprint density at radius 2 is 1.77 bits per heavy atom. The maximum Gasteiger partial charge on any atom is 0.278 e. The first-order chi connectivity index (χ1) is 15.1. The molecular formula is C25H35N3O3+2. The first-order valence-corrected chi connectivity index (χ1v) is 11.5. The summed E-state index contributed by atoms with van der Waals surface area (Å²) in [5.74, 6) is 2.23. The third-order valence-electron chi connectivity index (χ3n) is 6.78. The van der Waals surface area contributed by atoms with Gasteiger partial charge < -0.3 is 24.6 Å². The van der Waals surface area contributed by atoms with Crippen LogP contribution in [0.4, 0.5) is 0 Å². The van der Waals surface area contributed by atoms with E-state index in [1.54, 1.807) is 4.90 Å². The zero-order chi connectivity index (χ0) is 21.6. The molecule has 0 unspecified atom stereocenters. The molecule has 166 valence electrons. The zero-order valence-corrected chi connectivity index (χ0v) is 18.7. The minimum absolute atomic E-state index is 0.0135. The smallest absolute Gasteiger partial charge is 0.278 e. The molecule has 0 saturated carbocycles. The summed E-state index contributed by atoms with van der Waals surface area (Å²) in [7, 11) is 0. The number of ether oxygens (including phenoxy) is 2. The van der Waals surface area contributed by atoms with E-state index in [0.717, 1.165) is 50.6 Å². The molecule has 6 heteroatoms. The number of amides is 1. The number of rotatable bonds is 8. The predicted molar refractivity (Wildman–Crippen MR) is 120 cm³/mol. The Bertz CT molecular complexity index is 866. The van der Waals surface area contributed by atoms with E-state index >= 15 is 0 Å². The van der Waals surface area contributed by atoms with Crippen LogP contribution < -0.4 is 24.6 Å². The molecule has 3 N–H and O–H groups in total. The van der Waals surface area contributed by atoms with Crippen molar-refractivity contribution in [2.45, 2.75) is 38.8 Å². The summed E-state index contributed by atoms with van der Waals surface area (Å²) in [6.45, 7) is 10.4. The predicted octanol–water partition coefficient (Wildman–Crippen LogP) is 0.397. The van der Waals surface area contributed by atoms with Crippen LogP contribution in [0.25, 0.3) is 0 Å². The normalized spacial score (nSPS) is 22.0. The largest absolute Gasteiger partial charge is 0.454 e. The van der Waals surface area contributed by atoms with E-state index < -0.39 is 0 Å². The van der Waals surface area contributed by atoms with Crippen molar-refractivity contribution in [1.82, 2.24) is 5.32 Å². The van der Waals surface area contributed by atoms with E-state index in [1.165, 1.54) is 16.0 Å². The molecular weight excluding hydrogens is 390 g/mol. The number of benzene rings is 2. The third-order valence-corrected chi connectivity index (χ3v) is 6.78. The SMILES string of the molecule is CC[C@H](CNC(=O)[C@H](C)[NH+]1CC[NH+](Cc2ccc3c(c2)OCO3)CC1)c1ccccc1. The van der Waals surface area contributed by atoms with Crippen molar-refractivity contribution < 1.29 is 24.1 Å². The van der Waals surface area contributed by atoms with Crippen LogP contribution in [0, 0.1) is 0 Å². The summed E-state index contributed by atoms with van der Waals surface area (Å²) >= 11 is 0. The lowest BCUT2D eigenvalue weighted by Gasteiger charge is -2.33. The number of quaternary nitrogens is 2. The van der Waals surface area contributed by atoms with Gasteiger partial charge in [-0.15, -0.1) is 0 Å². The monoisotopic (exact) mass is 425 g/mol. The fourth-order valence-corrected chi connectivity index (χ4v) is 4.66. The minimum Gasteiger partial charge on any atom is -0.454 e. The van der Waals surface area contributed by atoms with Crippen molar-refractivity contribution >= 4 is 5.91 Å². The molecule has 2 aromatic rings. The summed E-state index contributed by atoms with van der Waals surface area (Å²) in [5.41, 5.74) is 2.58. The molecule has 6 nitrogen and oxygen atoms in total. The van der Waals surface area contributed by atoms with Crippen molar-refractivity contribution in [3.8, 4) is 11.5 Å². The van der Waals surface area contributed by atoms with Gasteiger partial charge in [-0.3, -0.25) is 4.79 Å². The van der Waals surface area contributed by atoms with Crippen LogP contribution >= 0.6 is 0 Å². The van der Waals surface area contributed by atoms with E-state index in [4.69, 9.17) is 9.47 Å². The van der Waals surface area contributed by atoms with E-state index in [2.05, 4.69) is 55.6 Å². The number of piperazine rings is 1. The van der Waals surface area contributed by atoms with Gasteiger partial charge in [0.05, 0.1) is 0 Å². The first-order valence-electron chi connectivity index (χ1n) is 11.5. The van der Waals surface area contributed by atoms with Crippen molar-refractivity contribution in [2.75, 3.05) is 39.5 Å². The molecule has 0 spiro atoms. The van der Waals surface area contributed by atoms with Gasteiger partial charge in [0.15, 0.2) is 17.5 Å². The fraction of sp³-hybridized carbons (Fsp3) is 0.480. The second-order valence-corrected chi connectivity index (χ2v) is 8.76. The molecule has 2 aliphatic heterocycles. The highest BCUT2D eigenvalue weighted by molar-refractivity contribution is 5.80. The second-order valence-electron chi connectivity index (χ2n) is 8.76. The maximum absolute atomic E-state index is 12.8. The lowest BCUT2D eigenvalue weighted by atomic mass is 9.96. The molecule has 2 aromatic carbocycles. The first kappa shape index (κ1) is 21.7. The van der Waals surface area contributed by atoms with Gasteiger partial charge in [0, 0.05) is 18.0 Å². The number of carbonyl (C=O) groups excluding carboxylic acids is 1. The molecule has 1 saturated heterocycles. The van der Waals surface area contributed by atoms with Gasteiger partial charge in [0.25, 0.3) is 5.91 Å². The van der Waals surface area contributed by atoms with Crippen LogP contribution in [0.15, 0.2) is 48.5 Å². The van der Waals surface area contributed by atoms with Crippen LogP contribution in [0.5, 0.6) is 11.5 Å². The van der Waals surface area contributed by atoms with Gasteiger partial charge in [-0.2, -0.15) is 0 Å². The molecule has 2 aliphatic rings. The van der Waals surface area contributed by atoms with E-state index in [1.807, 2.05) is 12.1 Å². The minimum atomic E-state index is -0.0135. The fourth-order valence-electron chi connectivity index (χ4n) is 4.66. The summed E-state index contributed by atoms with van der Waals surface area (Å²) in [6, 6.07) is 16.7. The number of hydrogen-bond acceptors (Lipinski definition) is 3. The Labute approximate surface area is 185 Å². The molecule has 0 radical (unpaired) electrons. The van der Waals surface area contributed by atoms with Crippen LogP contribution in [0.1, 0.15) is 37.3 Å². The quantitative estimate of drug-likeness (QED) is 0.574. The molecule has 31 heavy (non-hydrogen) atoms. The number of hydrogen-bond donors (Lipinski definition) is 3. The molecule has 0 aliphatic carbocycles. The van der Waals surface area contributed by atoms with Crippen molar-refractivity contribution in [1.29, 1.82) is 0 Å². The Morgan fingerprint density at radius 1 is 1.03 bits per heavy atom. The van der Waals surface area contributed by atoms with E-state index in [0.29, 0.717) is 19.3 Å². The maximum atomic E-state index is 12.8. The molecule has 0 bridgehead atoms. The van der Waals surface area contributed by atoms with Gasteiger partial charge in [-0.05, 0) is 37.1 Å². The highest BCUT2D eigenvalue weighted by atomic mass is 16.7. The molecule has 1 fully saturated rings. The number of nitrogens with one attached hydrogen (secondary N) is 3. The van der Waals surface area contributed by atoms with Crippen LogP contribution in [-0.2, 0) is 11.3 Å². The van der Waals surface area contributed by atoms with Crippen LogP contribution in [0.2, 0.25) is 0 Å². The zero-order valence-electron chi connectivity index (χ0n) is 18.7. The summed E-state index contributed by atoms with van der Waals surface area (Å²) in [6.07, 6.45) is 1.02. The van der Waals surface area contributed by atoms with E-state index in [-0.39, 0.29) is 11.9 Å². The van der Waals surface area contributed by atoms with Crippen molar-refractivity contribution in [3.05, 3.63) is 59.7 Å². The topological polar surface area (TPSA) is 56.4 Å². The van der Waals surface area contributed by atoms with Gasteiger partial charge in [0.2, 0.25) is 6.79 Å². The highest BCUT2D eigenvalue weighted by Gasteiger charge is 2.31. The summed E-state index contributed by atoms with van der Waals surface area (Å²) in [5, 5.41) is 3.21. The molecule has 1 amide bonds. The Morgan fingerprint density at radius 3 is 2.52 bits per heavy atom. The Hall–Kier alpha value is -2.57. The second kappa shape index (κ2) is 10.2. The molecule has 4 rings (SSSR count). The van der Waals surface area contributed by atoms with Gasteiger partial charge in [-0.25, -0.2) is 0 Å². The summed E-state index contributed by atoms with van der Waals surface area (Å²) < 4.78 is 10.9. The van der Waals surface area contributed by atoms with Crippen LogP contribution in [-0.4, -0.2) is 51.5 Å². The number of carbonyl (C=O) groups is 1. The van der Waals surface area contributed by atoms with Gasteiger partial charge >= 0.3 is 0 Å². The Balaban J connectivity index is 1.23. The van der Waals surface area contributed by atoms with E-state index in [9.17, 15) is 4.79 Å². The third kappa shape index (κ3) is 5.38. The number of fused-ring (bicyclic) bond motifs is 1. The van der Waals surface area contributed by atoms with Gasteiger partial charge in [-0.1, -0.05) is 37.3 Å². The molecule has 2 atom stereocenters. The lowest BCUT2D eigenvalue weighted by Crippen LogP contribution is -3.29. The standard InChI is InChI=1S/C25H33N3O3/c1-3-21(22-7-5-4-6-8-22)16-26-25(29)19(2)28-13-11-27(12-14-28)17-20-9-10-23-24(15-20)31-18-30-23/h4-10,15,19,21H,3,11-14,16-18H2,1-2H3,(H,26,29)/p+2/t19-,21+/m0/s1. The van der Waals surface area contributed by atoms with Crippen LogP contribution in [0.3, 0.4) is 0 Å². The van der Waals surface area contributed by atoms with Crippen molar-refractivity contribution in [3.63, 3.8) is 0 Å². The van der Waals surface area contributed by atoms with Gasteiger partial charge in [0.1, 0.15) is 32.7 Å². The Kier molecular flexibility index (Phi) is 7.10. The highest BCUT2D eigenvalue weighted by Crippen LogP contribution is 2.32. The molecule has 2 heterocycles. The average Bonchev–Trinajstić information content (AvgIpc) is 3.28. The average molecular weight is 426 g/mol. The summed E-state index contributed by atoms with van der Waals surface area (Å²) in [4.78, 5) is 15.8.